The van der Waals surface area contributed by atoms with Crippen LogP contribution in [0, 0.1) is 17.5 Å². The standard InChI is InChI=1S/C11H14F3N/c1-2-3-4-9(15)10-7(12)5-6-8(13)11(10)14/h5-6,9H,2-4,15H2,1H3. The lowest BCUT2D eigenvalue weighted by Crippen LogP contribution is -2.15. The topological polar surface area (TPSA) is 26.0 Å². The Kier molecular flexibility index (Phi) is 4.15. The quantitative estimate of drug-likeness (QED) is 0.769. The maximum absolute atomic E-state index is 13.2. The second kappa shape index (κ2) is 5.16. The summed E-state index contributed by atoms with van der Waals surface area (Å²) in [6.07, 6.45) is 2.09. The molecule has 0 saturated carbocycles. The number of hydrogen-bond acceptors (Lipinski definition) is 1. The molecule has 0 heterocycles. The Morgan fingerprint density at radius 3 is 2.40 bits per heavy atom. The Bertz CT molecular complexity index is 339. The van der Waals surface area contributed by atoms with E-state index in [0.29, 0.717) is 6.42 Å². The van der Waals surface area contributed by atoms with Gasteiger partial charge in [-0.1, -0.05) is 19.8 Å². The second-order valence-electron chi connectivity index (χ2n) is 3.51. The average molecular weight is 217 g/mol. The molecule has 0 spiro atoms. The van der Waals surface area contributed by atoms with Gasteiger partial charge in [-0.05, 0) is 18.6 Å². The first-order chi connectivity index (χ1) is 7.07. The largest absolute Gasteiger partial charge is 0.324 e. The number of benzene rings is 1. The third kappa shape index (κ3) is 2.72. The highest BCUT2D eigenvalue weighted by molar-refractivity contribution is 5.24. The van der Waals surface area contributed by atoms with Crippen LogP contribution in [0.2, 0.25) is 0 Å². The maximum atomic E-state index is 13.2. The van der Waals surface area contributed by atoms with E-state index in [2.05, 4.69) is 0 Å². The molecule has 1 unspecified atom stereocenters. The van der Waals surface area contributed by atoms with E-state index in [-0.39, 0.29) is 5.56 Å². The molecule has 1 aromatic carbocycles. The number of rotatable bonds is 4. The molecule has 1 nitrogen and oxygen atoms in total. The van der Waals surface area contributed by atoms with E-state index >= 15 is 0 Å². The van der Waals surface area contributed by atoms with Crippen LogP contribution in [-0.2, 0) is 0 Å². The van der Waals surface area contributed by atoms with Crippen molar-refractivity contribution < 1.29 is 13.2 Å². The van der Waals surface area contributed by atoms with E-state index in [4.69, 9.17) is 5.73 Å². The summed E-state index contributed by atoms with van der Waals surface area (Å²) in [7, 11) is 0. The summed E-state index contributed by atoms with van der Waals surface area (Å²) < 4.78 is 39.3. The minimum absolute atomic E-state index is 0.344. The predicted octanol–water partition coefficient (Wildman–Crippen LogP) is 3.29. The summed E-state index contributed by atoms with van der Waals surface area (Å²) in [5.74, 6) is -3.01. The van der Waals surface area contributed by atoms with Gasteiger partial charge in [0, 0.05) is 11.6 Å². The fraction of sp³-hybridized carbons (Fsp3) is 0.455. The van der Waals surface area contributed by atoms with E-state index in [9.17, 15) is 13.2 Å². The highest BCUT2D eigenvalue weighted by Crippen LogP contribution is 2.24. The summed E-state index contributed by atoms with van der Waals surface area (Å²) >= 11 is 0. The van der Waals surface area contributed by atoms with Crippen molar-refractivity contribution >= 4 is 0 Å². The zero-order valence-electron chi connectivity index (χ0n) is 8.56. The molecule has 84 valence electrons. The molecule has 0 aliphatic carbocycles. The van der Waals surface area contributed by atoms with Gasteiger partial charge in [-0.2, -0.15) is 0 Å². The van der Waals surface area contributed by atoms with Crippen molar-refractivity contribution in [2.45, 2.75) is 32.2 Å². The Labute approximate surface area is 87.1 Å². The Morgan fingerprint density at radius 1 is 1.20 bits per heavy atom. The summed E-state index contributed by atoms with van der Waals surface area (Å²) in [6, 6.07) is 0.890. The van der Waals surface area contributed by atoms with Crippen molar-refractivity contribution in [1.82, 2.24) is 0 Å². The predicted molar refractivity (Wildman–Crippen MR) is 52.8 cm³/mol. The van der Waals surface area contributed by atoms with Crippen molar-refractivity contribution in [2.24, 2.45) is 5.73 Å². The zero-order valence-corrected chi connectivity index (χ0v) is 8.56. The molecule has 1 rings (SSSR count). The van der Waals surface area contributed by atoms with Crippen LogP contribution >= 0.6 is 0 Å². The Morgan fingerprint density at radius 2 is 1.80 bits per heavy atom. The number of unbranched alkanes of at least 4 members (excludes halogenated alkanes) is 1. The number of halogens is 3. The van der Waals surface area contributed by atoms with Crippen molar-refractivity contribution in [3.8, 4) is 0 Å². The second-order valence-corrected chi connectivity index (χ2v) is 3.51. The van der Waals surface area contributed by atoms with Gasteiger partial charge < -0.3 is 5.73 Å². The molecule has 0 aliphatic rings. The van der Waals surface area contributed by atoms with Gasteiger partial charge >= 0.3 is 0 Å². The number of nitrogens with two attached hydrogens (primary N) is 1. The van der Waals surface area contributed by atoms with Gasteiger partial charge in [0.2, 0.25) is 0 Å². The molecule has 0 radical (unpaired) electrons. The van der Waals surface area contributed by atoms with E-state index < -0.39 is 23.5 Å². The van der Waals surface area contributed by atoms with E-state index in [0.717, 1.165) is 25.0 Å². The average Bonchev–Trinajstić information content (AvgIpc) is 2.21. The third-order valence-corrected chi connectivity index (χ3v) is 2.32. The van der Waals surface area contributed by atoms with E-state index in [1.54, 1.807) is 0 Å². The Hall–Kier alpha value is -1.03. The van der Waals surface area contributed by atoms with Gasteiger partial charge in [-0.15, -0.1) is 0 Å². The van der Waals surface area contributed by atoms with Crippen molar-refractivity contribution in [3.05, 3.63) is 35.1 Å². The first-order valence-corrected chi connectivity index (χ1v) is 4.96. The van der Waals surface area contributed by atoms with Crippen molar-refractivity contribution in [2.75, 3.05) is 0 Å². The highest BCUT2D eigenvalue weighted by atomic mass is 19.2. The molecule has 2 N–H and O–H groups in total. The molecular weight excluding hydrogens is 203 g/mol. The lowest BCUT2D eigenvalue weighted by atomic mass is 10.0. The van der Waals surface area contributed by atoms with Gasteiger partial charge in [0.05, 0.1) is 0 Å². The molecule has 1 atom stereocenters. The summed E-state index contributed by atoms with van der Waals surface area (Å²) in [6.45, 7) is 1.95. The van der Waals surface area contributed by atoms with Crippen LogP contribution in [0.25, 0.3) is 0 Å². The molecule has 0 aromatic heterocycles. The lowest BCUT2D eigenvalue weighted by molar-refractivity contribution is 0.455. The summed E-state index contributed by atoms with van der Waals surface area (Å²) in [4.78, 5) is 0. The molecule has 0 bridgehead atoms. The van der Waals surface area contributed by atoms with E-state index in [1.165, 1.54) is 0 Å². The monoisotopic (exact) mass is 217 g/mol. The molecular formula is C11H14F3N. The molecule has 4 heteroatoms. The zero-order chi connectivity index (χ0) is 11.4. The first kappa shape index (κ1) is 12.0. The van der Waals surface area contributed by atoms with Crippen LogP contribution in [0.3, 0.4) is 0 Å². The molecule has 0 saturated heterocycles. The van der Waals surface area contributed by atoms with Crippen LogP contribution in [0.1, 0.15) is 37.8 Å². The molecule has 1 aromatic rings. The van der Waals surface area contributed by atoms with Crippen LogP contribution in [0.5, 0.6) is 0 Å². The number of hydrogen-bond donors (Lipinski definition) is 1. The van der Waals surface area contributed by atoms with Crippen LogP contribution in [-0.4, -0.2) is 0 Å². The Balaban J connectivity index is 2.96. The van der Waals surface area contributed by atoms with Crippen molar-refractivity contribution in [3.63, 3.8) is 0 Å². The SMILES string of the molecule is CCCCC(N)c1c(F)ccc(F)c1F. The van der Waals surface area contributed by atoms with Gasteiger partial charge in [-0.3, -0.25) is 0 Å². The third-order valence-electron chi connectivity index (χ3n) is 2.32. The highest BCUT2D eigenvalue weighted by Gasteiger charge is 2.19. The fourth-order valence-electron chi connectivity index (χ4n) is 1.45. The maximum Gasteiger partial charge on any atom is 0.166 e. The van der Waals surface area contributed by atoms with Gasteiger partial charge in [0.25, 0.3) is 0 Å². The normalized spacial score (nSPS) is 12.9. The van der Waals surface area contributed by atoms with Crippen LogP contribution < -0.4 is 5.73 Å². The summed E-state index contributed by atoms with van der Waals surface area (Å²) in [5, 5.41) is 0. The van der Waals surface area contributed by atoms with Gasteiger partial charge in [0.1, 0.15) is 5.82 Å². The minimum atomic E-state index is -1.17. The molecule has 0 aliphatic heterocycles. The van der Waals surface area contributed by atoms with Gasteiger partial charge in [-0.25, -0.2) is 13.2 Å². The molecule has 0 amide bonds. The lowest BCUT2D eigenvalue weighted by Gasteiger charge is -2.13. The van der Waals surface area contributed by atoms with E-state index in [1.807, 2.05) is 6.92 Å². The van der Waals surface area contributed by atoms with Crippen LogP contribution in [0.4, 0.5) is 13.2 Å². The first-order valence-electron chi connectivity index (χ1n) is 4.96. The molecule has 15 heavy (non-hydrogen) atoms. The van der Waals surface area contributed by atoms with Crippen LogP contribution in [0.15, 0.2) is 12.1 Å². The fourth-order valence-corrected chi connectivity index (χ4v) is 1.45. The molecule has 0 fully saturated rings. The summed E-state index contributed by atoms with van der Waals surface area (Å²) in [5.41, 5.74) is 5.26. The van der Waals surface area contributed by atoms with Gasteiger partial charge in [0.15, 0.2) is 11.6 Å². The van der Waals surface area contributed by atoms with Crippen molar-refractivity contribution in [1.29, 1.82) is 0 Å². The smallest absolute Gasteiger partial charge is 0.166 e. The minimum Gasteiger partial charge on any atom is -0.324 e.